The Morgan fingerprint density at radius 2 is 1.67 bits per heavy atom. The van der Waals surface area contributed by atoms with Crippen LogP contribution in [0.25, 0.3) is 0 Å². The van der Waals surface area contributed by atoms with Crippen molar-refractivity contribution in [3.63, 3.8) is 0 Å². The average Bonchev–Trinajstić information content (AvgIpc) is 2.23. The van der Waals surface area contributed by atoms with Crippen molar-refractivity contribution in [1.82, 2.24) is 4.34 Å². The first-order valence-electron chi connectivity index (χ1n) is 7.09. The van der Waals surface area contributed by atoms with E-state index in [1.54, 1.807) is 0 Å². The lowest BCUT2D eigenvalue weighted by molar-refractivity contribution is -0.113. The van der Waals surface area contributed by atoms with Crippen LogP contribution in [0.1, 0.15) is 33.1 Å². The summed E-state index contributed by atoms with van der Waals surface area (Å²) in [6.07, 6.45) is 2.90. The van der Waals surface area contributed by atoms with Gasteiger partial charge in [0.05, 0.1) is 5.71 Å². The molecular formula is C13H28N2OSi2. The normalized spacial score (nSPS) is 23.0. The van der Waals surface area contributed by atoms with Gasteiger partial charge in [-0.25, -0.2) is 0 Å². The molecule has 1 aliphatic heterocycles. The van der Waals surface area contributed by atoms with E-state index >= 15 is 0 Å². The molecule has 5 heteroatoms. The SMILES string of the molecule is CCCC(=O)C(C)=NN1[Si](C)(C)CCC[Si]1(C)C. The summed E-state index contributed by atoms with van der Waals surface area (Å²) in [5.41, 5.74) is 0.722. The van der Waals surface area contributed by atoms with Gasteiger partial charge in [0, 0.05) is 6.42 Å². The fraction of sp³-hybridized carbons (Fsp3) is 0.846. The highest BCUT2D eigenvalue weighted by Crippen LogP contribution is 2.34. The summed E-state index contributed by atoms with van der Waals surface area (Å²) in [7, 11) is -2.86. The van der Waals surface area contributed by atoms with Crippen molar-refractivity contribution >= 4 is 28.0 Å². The Morgan fingerprint density at radius 1 is 1.17 bits per heavy atom. The molecule has 1 heterocycles. The van der Waals surface area contributed by atoms with Gasteiger partial charge in [-0.05, 0) is 25.4 Å². The highest BCUT2D eigenvalue weighted by molar-refractivity contribution is 6.91. The second-order valence-electron chi connectivity index (χ2n) is 6.65. The van der Waals surface area contributed by atoms with Gasteiger partial charge in [-0.1, -0.05) is 39.5 Å². The van der Waals surface area contributed by atoms with Crippen molar-refractivity contribution in [1.29, 1.82) is 0 Å². The summed E-state index contributed by atoms with van der Waals surface area (Å²) in [4.78, 5) is 11.9. The maximum Gasteiger partial charge on any atom is 0.178 e. The summed E-state index contributed by atoms with van der Waals surface area (Å²) < 4.78 is 2.44. The molecule has 0 radical (unpaired) electrons. The lowest BCUT2D eigenvalue weighted by atomic mass is 10.2. The summed E-state index contributed by atoms with van der Waals surface area (Å²) >= 11 is 0. The molecule has 0 bridgehead atoms. The zero-order chi connectivity index (χ0) is 14.0. The van der Waals surface area contributed by atoms with Crippen LogP contribution in [0, 0.1) is 0 Å². The molecule has 0 aliphatic carbocycles. The number of hydrogen-bond acceptors (Lipinski definition) is 3. The van der Waals surface area contributed by atoms with Crippen LogP contribution in [0.2, 0.25) is 38.3 Å². The number of carbonyl (C=O) groups is 1. The van der Waals surface area contributed by atoms with Crippen LogP contribution in [0.3, 0.4) is 0 Å². The molecule has 0 aromatic carbocycles. The summed E-state index contributed by atoms with van der Waals surface area (Å²) in [5.74, 6) is 0.220. The first kappa shape index (κ1) is 15.6. The zero-order valence-corrected chi connectivity index (χ0v) is 14.8. The Hall–Kier alpha value is -0.426. The van der Waals surface area contributed by atoms with Crippen LogP contribution < -0.4 is 0 Å². The standard InChI is InChI=1S/C13H28N2OSi2/c1-7-9-13(16)12(2)14-15-17(3,4)10-8-11-18(15,5)6/h7-11H2,1-6H3. The Labute approximate surface area is 114 Å². The summed E-state index contributed by atoms with van der Waals surface area (Å²) in [5, 5.41) is 4.78. The van der Waals surface area contributed by atoms with Crippen molar-refractivity contribution < 1.29 is 4.79 Å². The molecule has 0 unspecified atom stereocenters. The van der Waals surface area contributed by atoms with Gasteiger partial charge in [-0.2, -0.15) is 5.10 Å². The summed E-state index contributed by atoms with van der Waals surface area (Å²) in [6.45, 7) is 13.5. The topological polar surface area (TPSA) is 32.7 Å². The molecule has 1 fully saturated rings. The van der Waals surface area contributed by atoms with Crippen LogP contribution in [-0.4, -0.2) is 32.3 Å². The molecule has 18 heavy (non-hydrogen) atoms. The molecule has 1 aliphatic rings. The number of nitrogens with zero attached hydrogens (tertiary/aromatic N) is 2. The van der Waals surface area contributed by atoms with E-state index in [0.717, 1.165) is 12.1 Å². The highest BCUT2D eigenvalue weighted by atomic mass is 28.4. The highest BCUT2D eigenvalue weighted by Gasteiger charge is 2.44. The van der Waals surface area contributed by atoms with Gasteiger partial charge in [0.25, 0.3) is 0 Å². The van der Waals surface area contributed by atoms with E-state index in [2.05, 4.69) is 30.5 Å². The van der Waals surface area contributed by atoms with E-state index in [9.17, 15) is 4.79 Å². The molecule has 3 nitrogen and oxygen atoms in total. The molecule has 0 aromatic rings. The molecule has 0 N–H and O–H groups in total. The van der Waals surface area contributed by atoms with Crippen molar-refractivity contribution in [2.75, 3.05) is 0 Å². The molecule has 0 saturated carbocycles. The third-order valence-corrected chi connectivity index (χ3v) is 13.1. The lowest BCUT2D eigenvalue weighted by Crippen LogP contribution is -2.62. The maximum absolute atomic E-state index is 11.9. The first-order chi connectivity index (χ1) is 8.20. The monoisotopic (exact) mass is 284 g/mol. The predicted molar refractivity (Wildman–Crippen MR) is 84.1 cm³/mol. The molecule has 0 spiro atoms. The number of ketones is 1. The van der Waals surface area contributed by atoms with Gasteiger partial charge >= 0.3 is 0 Å². The molecule has 1 saturated heterocycles. The van der Waals surface area contributed by atoms with E-state index in [4.69, 9.17) is 5.10 Å². The van der Waals surface area contributed by atoms with Crippen molar-refractivity contribution in [2.24, 2.45) is 5.10 Å². The molecule has 0 aromatic heterocycles. The van der Waals surface area contributed by atoms with E-state index in [-0.39, 0.29) is 5.78 Å². The number of hydrazone groups is 1. The van der Waals surface area contributed by atoms with Crippen molar-refractivity contribution in [3.05, 3.63) is 0 Å². The minimum absolute atomic E-state index is 0.220. The van der Waals surface area contributed by atoms with Crippen LogP contribution in [0.4, 0.5) is 0 Å². The minimum atomic E-state index is -1.43. The molecule has 0 atom stereocenters. The predicted octanol–water partition coefficient (Wildman–Crippen LogP) is 3.85. The van der Waals surface area contributed by atoms with E-state index in [1.165, 1.54) is 18.5 Å². The summed E-state index contributed by atoms with van der Waals surface area (Å²) in [6, 6.07) is 2.62. The molecule has 1 rings (SSSR count). The van der Waals surface area contributed by atoms with Gasteiger partial charge in [0.2, 0.25) is 0 Å². The number of Topliss-reactive ketones (excluding diaryl/α,β-unsaturated/α-hetero) is 1. The van der Waals surface area contributed by atoms with Gasteiger partial charge in [-0.15, -0.1) is 0 Å². The number of hydrogen-bond donors (Lipinski definition) is 0. The molecule has 104 valence electrons. The van der Waals surface area contributed by atoms with E-state index < -0.39 is 16.5 Å². The van der Waals surface area contributed by atoms with Crippen molar-refractivity contribution in [3.8, 4) is 0 Å². The Balaban J connectivity index is 2.96. The van der Waals surface area contributed by atoms with Crippen LogP contribution >= 0.6 is 0 Å². The smallest absolute Gasteiger partial charge is 0.178 e. The minimum Gasteiger partial charge on any atom is -0.349 e. The fourth-order valence-corrected chi connectivity index (χ4v) is 13.8. The fourth-order valence-electron chi connectivity index (χ4n) is 2.87. The quantitative estimate of drug-likeness (QED) is 0.580. The van der Waals surface area contributed by atoms with E-state index in [1.807, 2.05) is 13.8 Å². The van der Waals surface area contributed by atoms with E-state index in [0.29, 0.717) is 6.42 Å². The average molecular weight is 285 g/mol. The van der Waals surface area contributed by atoms with Crippen molar-refractivity contribution in [2.45, 2.75) is 71.4 Å². The number of rotatable bonds is 4. The largest absolute Gasteiger partial charge is 0.349 e. The molecular weight excluding hydrogens is 256 g/mol. The second kappa shape index (κ2) is 5.69. The van der Waals surface area contributed by atoms with Gasteiger partial charge < -0.3 is 4.34 Å². The van der Waals surface area contributed by atoms with Crippen LogP contribution in [-0.2, 0) is 4.79 Å². The Kier molecular flexibility index (Phi) is 4.94. The maximum atomic E-state index is 11.9. The Morgan fingerprint density at radius 3 is 2.11 bits per heavy atom. The molecule has 0 amide bonds. The number of carbonyl (C=O) groups excluding carboxylic acids is 1. The Bertz CT molecular complexity index is 335. The van der Waals surface area contributed by atoms with Gasteiger partial charge in [-0.3, -0.25) is 4.79 Å². The van der Waals surface area contributed by atoms with Gasteiger partial charge in [0.15, 0.2) is 22.3 Å². The lowest BCUT2D eigenvalue weighted by Gasteiger charge is -2.49. The zero-order valence-electron chi connectivity index (χ0n) is 12.8. The second-order valence-corrected chi connectivity index (χ2v) is 16.2. The first-order valence-corrected chi connectivity index (χ1v) is 13.4. The van der Waals surface area contributed by atoms with Crippen LogP contribution in [0.5, 0.6) is 0 Å². The van der Waals surface area contributed by atoms with Gasteiger partial charge in [0.1, 0.15) is 0 Å². The third kappa shape index (κ3) is 3.54. The third-order valence-electron chi connectivity index (χ3n) is 3.85. The van der Waals surface area contributed by atoms with Crippen LogP contribution in [0.15, 0.2) is 5.10 Å².